The quantitative estimate of drug-likeness (QED) is 0.0977. The number of nitrogens with zero attached hydrogens (tertiary/aromatic N) is 1. The maximum atomic E-state index is 12.4. The van der Waals surface area contributed by atoms with Gasteiger partial charge in [0.1, 0.15) is 12.4 Å². The second kappa shape index (κ2) is 16.1. The number of carbonyl (C=O) groups excluding carboxylic acids is 3. The predicted molar refractivity (Wildman–Crippen MR) is 163 cm³/mol. The van der Waals surface area contributed by atoms with Crippen LogP contribution < -0.4 is 30.3 Å². The van der Waals surface area contributed by atoms with Gasteiger partial charge in [0.05, 0.1) is 42.6 Å². The molecule has 1 aliphatic heterocycles. The molecule has 13 nitrogen and oxygen atoms in total. The lowest BCUT2D eigenvalue weighted by Gasteiger charge is -2.28. The normalized spacial score (nSPS) is 15.3. The smallest absolute Gasteiger partial charge is 0.344 e. The van der Waals surface area contributed by atoms with Crippen LogP contribution in [-0.2, 0) is 19.1 Å². The van der Waals surface area contributed by atoms with Gasteiger partial charge in [0.25, 0.3) is 0 Å². The van der Waals surface area contributed by atoms with Gasteiger partial charge in [-0.2, -0.15) is 5.10 Å². The van der Waals surface area contributed by atoms with E-state index in [-0.39, 0.29) is 25.4 Å². The van der Waals surface area contributed by atoms with Crippen LogP contribution in [-0.4, -0.2) is 69.1 Å². The third kappa shape index (κ3) is 9.33. The van der Waals surface area contributed by atoms with Gasteiger partial charge in [0, 0.05) is 15.7 Å². The topological polar surface area (TPSA) is 166 Å². The van der Waals surface area contributed by atoms with Crippen LogP contribution in [0.5, 0.6) is 17.2 Å². The van der Waals surface area contributed by atoms with Crippen LogP contribution in [0.4, 0.5) is 4.79 Å². The Bertz CT molecular complexity index is 1400. The molecule has 0 spiro atoms. The highest BCUT2D eigenvalue weighted by atomic mass is 79.9. The summed E-state index contributed by atoms with van der Waals surface area (Å²) in [5.74, 6) is -0.0779. The Morgan fingerprint density at radius 1 is 1.12 bits per heavy atom. The summed E-state index contributed by atoms with van der Waals surface area (Å²) >= 11 is 6.81. The molecule has 232 valence electrons. The van der Waals surface area contributed by atoms with Crippen molar-refractivity contribution in [2.45, 2.75) is 33.0 Å². The molecular formula is C28H32Br2N4O9. The minimum Gasteiger partial charge on any atom is -0.490 e. The van der Waals surface area contributed by atoms with Crippen LogP contribution >= 0.6 is 31.9 Å². The fraction of sp³-hybridized carbons (Fsp3) is 0.357. The Morgan fingerprint density at radius 2 is 1.88 bits per heavy atom. The van der Waals surface area contributed by atoms with E-state index in [0.29, 0.717) is 45.2 Å². The molecule has 15 heteroatoms. The first-order chi connectivity index (χ1) is 20.6. The zero-order chi connectivity index (χ0) is 31.5. The molecule has 0 saturated carbocycles. The molecule has 2 atom stereocenters. The van der Waals surface area contributed by atoms with Crippen molar-refractivity contribution in [1.82, 2.24) is 16.1 Å². The second-order valence-corrected chi connectivity index (χ2v) is 10.6. The molecule has 2 amide bonds. The molecule has 0 bridgehead atoms. The number of nitrogens with one attached hydrogen (secondary N) is 3. The van der Waals surface area contributed by atoms with Gasteiger partial charge >= 0.3 is 18.0 Å². The van der Waals surface area contributed by atoms with Crippen LogP contribution in [0, 0.1) is 0 Å². The number of hydrazone groups is 1. The van der Waals surface area contributed by atoms with Gasteiger partial charge in [-0.3, -0.25) is 5.43 Å². The maximum Gasteiger partial charge on any atom is 0.344 e. The third-order valence-corrected chi connectivity index (χ3v) is 6.82. The van der Waals surface area contributed by atoms with Crippen molar-refractivity contribution in [1.29, 1.82) is 0 Å². The molecule has 2 aromatic rings. The van der Waals surface area contributed by atoms with Crippen molar-refractivity contribution in [3.05, 3.63) is 61.7 Å². The molecule has 2 aromatic carbocycles. The van der Waals surface area contributed by atoms with Crippen molar-refractivity contribution in [2.24, 2.45) is 5.10 Å². The van der Waals surface area contributed by atoms with Crippen LogP contribution in [0.15, 0.2) is 55.6 Å². The third-order valence-electron chi connectivity index (χ3n) is 5.78. The Hall–Kier alpha value is -3.82. The number of benzene rings is 2. The first kappa shape index (κ1) is 33.7. The number of hydrogen-bond acceptors (Lipinski definition) is 11. The molecule has 1 aliphatic rings. The van der Waals surface area contributed by atoms with E-state index in [1.54, 1.807) is 51.1 Å². The van der Waals surface area contributed by atoms with Crippen LogP contribution in [0.3, 0.4) is 0 Å². The summed E-state index contributed by atoms with van der Waals surface area (Å²) in [4.78, 5) is 36.3. The molecule has 43 heavy (non-hydrogen) atoms. The fourth-order valence-corrected chi connectivity index (χ4v) is 5.35. The molecule has 0 unspecified atom stereocenters. The summed E-state index contributed by atoms with van der Waals surface area (Å²) in [5.41, 5.74) is 4.28. The summed E-state index contributed by atoms with van der Waals surface area (Å²) in [6.45, 7) is 5.17. The minimum absolute atomic E-state index is 0.207. The Morgan fingerprint density at radius 3 is 2.58 bits per heavy atom. The number of hydrogen-bond donors (Lipinski definition) is 4. The second-order valence-electron chi connectivity index (χ2n) is 8.81. The molecule has 0 aliphatic carbocycles. The van der Waals surface area contributed by atoms with Gasteiger partial charge < -0.3 is 39.4 Å². The molecule has 3 rings (SSSR count). The zero-order valence-electron chi connectivity index (χ0n) is 23.9. The lowest BCUT2D eigenvalue weighted by Crippen LogP contribution is -2.45. The lowest BCUT2D eigenvalue weighted by atomic mass is 9.95. The highest BCUT2D eigenvalue weighted by Gasteiger charge is 2.32. The zero-order valence-corrected chi connectivity index (χ0v) is 27.0. The van der Waals surface area contributed by atoms with E-state index in [1.807, 2.05) is 0 Å². The van der Waals surface area contributed by atoms with E-state index in [1.165, 1.54) is 13.3 Å². The largest absolute Gasteiger partial charge is 0.490 e. The summed E-state index contributed by atoms with van der Waals surface area (Å²) < 4.78 is 28.2. The van der Waals surface area contributed by atoms with E-state index >= 15 is 0 Å². The summed E-state index contributed by atoms with van der Waals surface area (Å²) in [6.07, 6.45) is 0.201. The van der Waals surface area contributed by atoms with Gasteiger partial charge in [-0.05, 0) is 66.5 Å². The van der Waals surface area contributed by atoms with Crippen molar-refractivity contribution in [2.75, 3.05) is 33.5 Å². The first-order valence-corrected chi connectivity index (χ1v) is 14.7. The number of halogens is 2. The number of carbonyl (C=O) groups is 3. The number of aliphatic hydroxyl groups is 1. The molecule has 4 N–H and O–H groups in total. The number of ether oxygens (including phenoxy) is 5. The highest BCUT2D eigenvalue weighted by molar-refractivity contribution is 9.11. The molecule has 1 heterocycles. The highest BCUT2D eigenvalue weighted by Crippen LogP contribution is 2.35. The van der Waals surface area contributed by atoms with E-state index < -0.39 is 30.2 Å². The van der Waals surface area contributed by atoms with E-state index in [4.69, 9.17) is 23.7 Å². The number of allylic oxidation sites excluding steroid dienone is 1. The summed E-state index contributed by atoms with van der Waals surface area (Å²) in [7, 11) is 1.26. The minimum atomic E-state index is -1.22. The molecule has 0 fully saturated rings. The van der Waals surface area contributed by atoms with E-state index in [0.717, 1.165) is 4.47 Å². The average Bonchev–Trinajstić information content (AvgIpc) is 2.95. The number of amides is 2. The lowest BCUT2D eigenvalue weighted by molar-refractivity contribution is -0.145. The van der Waals surface area contributed by atoms with Crippen molar-refractivity contribution in [3.63, 3.8) is 0 Å². The van der Waals surface area contributed by atoms with Crippen LogP contribution in [0.2, 0.25) is 0 Å². The van der Waals surface area contributed by atoms with Crippen molar-refractivity contribution < 1.29 is 43.2 Å². The van der Waals surface area contributed by atoms with Crippen LogP contribution in [0.1, 0.15) is 37.9 Å². The molecule has 0 aromatic heterocycles. The monoisotopic (exact) mass is 726 g/mol. The summed E-state index contributed by atoms with van der Waals surface area (Å²) in [5, 5.41) is 19.8. The Labute approximate surface area is 265 Å². The molecule has 0 saturated heterocycles. The molecular weight excluding hydrogens is 696 g/mol. The van der Waals surface area contributed by atoms with Gasteiger partial charge in [0.2, 0.25) is 0 Å². The maximum absolute atomic E-state index is 12.4. The van der Waals surface area contributed by atoms with Crippen molar-refractivity contribution >= 4 is 56.0 Å². The SMILES string of the molecule is CCOC(=O)COc1c(Br)cc(Br)cc1/C=N/N[C@@H](O)COc1ccc([C@H]2NC(=O)NC(C)=C2C(=O)OC)cc1OCC. The number of esters is 2. The van der Waals surface area contributed by atoms with Gasteiger partial charge in [-0.1, -0.05) is 22.0 Å². The molecule has 0 radical (unpaired) electrons. The number of methoxy groups -OCH3 is 1. The van der Waals surface area contributed by atoms with Gasteiger partial charge in [-0.25, -0.2) is 14.4 Å². The van der Waals surface area contributed by atoms with Gasteiger partial charge in [0.15, 0.2) is 24.3 Å². The first-order valence-electron chi connectivity index (χ1n) is 13.1. The standard InChI is InChI=1S/C28H32Br2N4O9/c1-5-40-21-10-16(25-24(27(37)39-4)15(3)32-28(38)33-25)7-8-20(21)42-13-22(35)34-31-12-17-9-18(29)11-19(30)26(17)43-14-23(36)41-6-2/h7-12,22,25,34-35H,5-6,13-14H2,1-4H3,(H2,32,33,38)/b31-12+/t22-,25+/m0/s1. The predicted octanol–water partition coefficient (Wildman–Crippen LogP) is 3.67. The number of aliphatic hydroxyl groups excluding tert-OH is 1. The number of rotatable bonds is 14. The Balaban J connectivity index is 1.70. The van der Waals surface area contributed by atoms with Crippen LogP contribution in [0.25, 0.3) is 0 Å². The Kier molecular flexibility index (Phi) is 12.6. The average molecular weight is 728 g/mol. The van der Waals surface area contributed by atoms with Crippen molar-refractivity contribution in [3.8, 4) is 17.2 Å². The fourth-order valence-electron chi connectivity index (χ4n) is 3.98. The summed E-state index contributed by atoms with van der Waals surface area (Å²) in [6, 6.07) is 7.17. The van der Waals surface area contributed by atoms with E-state index in [9.17, 15) is 19.5 Å². The van der Waals surface area contributed by atoms with Gasteiger partial charge in [-0.15, -0.1) is 0 Å². The van der Waals surface area contributed by atoms with E-state index in [2.05, 4.69) is 53.0 Å². The number of urea groups is 1.